The fraction of sp³-hybridized carbons (Fsp3) is 0.500. The minimum absolute atomic E-state index is 0.0938. The van der Waals surface area contributed by atoms with Crippen LogP contribution in [0.15, 0.2) is 15.6 Å². The third kappa shape index (κ3) is 1.35. The molecule has 0 radical (unpaired) electrons. The van der Waals surface area contributed by atoms with Crippen molar-refractivity contribution in [2.45, 2.75) is 12.0 Å². The monoisotopic (exact) mass is 240 g/mol. The Morgan fingerprint density at radius 3 is 3.00 bits per heavy atom. The summed E-state index contributed by atoms with van der Waals surface area (Å²) in [5.41, 5.74) is -0.148. The highest BCUT2D eigenvalue weighted by Gasteiger charge is 2.35. The molecular formula is C6H6Cl2N2O2S. The predicted molar refractivity (Wildman–Crippen MR) is 51.3 cm³/mol. The lowest BCUT2D eigenvalue weighted by molar-refractivity contribution is 0.507. The molecule has 0 N–H and O–H groups in total. The zero-order valence-corrected chi connectivity index (χ0v) is 8.77. The molecule has 0 aliphatic carbocycles. The van der Waals surface area contributed by atoms with Crippen LogP contribution in [0.4, 0.5) is 0 Å². The van der Waals surface area contributed by atoms with E-state index in [1.807, 2.05) is 0 Å². The van der Waals surface area contributed by atoms with Gasteiger partial charge in [-0.3, -0.25) is 9.41 Å². The van der Waals surface area contributed by atoms with Crippen molar-refractivity contribution in [2.24, 2.45) is 4.99 Å². The summed E-state index contributed by atoms with van der Waals surface area (Å²) < 4.78 is 23.9. The highest BCUT2D eigenvalue weighted by molar-refractivity contribution is 7.96. The summed E-state index contributed by atoms with van der Waals surface area (Å²) in [6.45, 7) is 0. The second kappa shape index (κ2) is 2.87. The average Bonchev–Trinajstić information content (AvgIpc) is 2.35. The van der Waals surface area contributed by atoms with E-state index in [-0.39, 0.29) is 10.7 Å². The van der Waals surface area contributed by atoms with Crippen LogP contribution in [0.2, 0.25) is 0 Å². The summed E-state index contributed by atoms with van der Waals surface area (Å²) in [6.07, 6.45) is 1.70. The number of nitrogens with zero attached hydrogens (tertiary/aromatic N) is 2. The summed E-state index contributed by atoms with van der Waals surface area (Å²) >= 11 is 11.5. The molecule has 13 heavy (non-hydrogen) atoms. The normalized spacial score (nSPS) is 30.9. The Balaban J connectivity index is 2.51. The van der Waals surface area contributed by atoms with Crippen LogP contribution in [0.1, 0.15) is 6.42 Å². The number of alkyl halides is 1. The quantitative estimate of drug-likeness (QED) is 0.362. The van der Waals surface area contributed by atoms with Crippen molar-refractivity contribution < 1.29 is 8.42 Å². The van der Waals surface area contributed by atoms with Gasteiger partial charge in [0.2, 0.25) is 5.62 Å². The summed E-state index contributed by atoms with van der Waals surface area (Å²) in [7, 11) is -3.16. The van der Waals surface area contributed by atoms with Crippen molar-refractivity contribution in [3.63, 3.8) is 0 Å². The summed E-state index contributed by atoms with van der Waals surface area (Å²) in [6, 6.07) is 0. The van der Waals surface area contributed by atoms with Crippen LogP contribution < -0.4 is 0 Å². The number of halogens is 2. The van der Waals surface area contributed by atoms with E-state index in [4.69, 9.17) is 23.4 Å². The van der Waals surface area contributed by atoms with E-state index in [9.17, 15) is 8.42 Å². The Kier molecular flexibility index (Phi) is 2.05. The highest BCUT2D eigenvalue weighted by Crippen LogP contribution is 2.34. The number of rotatable bonds is 0. The second-order valence-electron chi connectivity index (χ2n) is 2.78. The van der Waals surface area contributed by atoms with E-state index in [0.717, 1.165) is 0 Å². The SMILES string of the molecule is O=S1(=O)CCC2=C1C=NC(Cl)N2Cl. The van der Waals surface area contributed by atoms with Crippen molar-refractivity contribution in [2.75, 3.05) is 5.75 Å². The van der Waals surface area contributed by atoms with Gasteiger partial charge in [0.1, 0.15) is 4.91 Å². The van der Waals surface area contributed by atoms with Crippen LogP contribution in [-0.4, -0.2) is 30.4 Å². The fourth-order valence-corrected chi connectivity index (χ4v) is 3.24. The molecule has 0 spiro atoms. The van der Waals surface area contributed by atoms with E-state index in [0.29, 0.717) is 12.1 Å². The van der Waals surface area contributed by atoms with Crippen LogP contribution >= 0.6 is 23.4 Å². The van der Waals surface area contributed by atoms with E-state index >= 15 is 0 Å². The third-order valence-electron chi connectivity index (χ3n) is 1.99. The zero-order valence-electron chi connectivity index (χ0n) is 6.44. The molecule has 72 valence electrons. The molecular weight excluding hydrogens is 235 g/mol. The van der Waals surface area contributed by atoms with Gasteiger partial charge in [-0.25, -0.2) is 8.42 Å². The van der Waals surface area contributed by atoms with Crippen molar-refractivity contribution in [3.8, 4) is 0 Å². The topological polar surface area (TPSA) is 49.7 Å². The van der Waals surface area contributed by atoms with Gasteiger partial charge in [0.25, 0.3) is 0 Å². The number of hydrogen-bond acceptors (Lipinski definition) is 4. The Bertz CT molecular complexity index is 401. The summed E-state index contributed by atoms with van der Waals surface area (Å²) in [5.74, 6) is 0.0938. The molecule has 2 aliphatic heterocycles. The van der Waals surface area contributed by atoms with Crippen molar-refractivity contribution in [1.29, 1.82) is 0 Å². The molecule has 2 aliphatic rings. The lowest BCUT2D eigenvalue weighted by Crippen LogP contribution is -2.24. The molecule has 0 aromatic heterocycles. The molecule has 0 saturated heterocycles. The smallest absolute Gasteiger partial charge is 0.211 e. The molecule has 0 amide bonds. The molecule has 4 nitrogen and oxygen atoms in total. The van der Waals surface area contributed by atoms with Gasteiger partial charge in [0.15, 0.2) is 9.84 Å². The van der Waals surface area contributed by atoms with Crippen molar-refractivity contribution in [3.05, 3.63) is 10.6 Å². The number of aliphatic imine (C=N–C) groups is 1. The number of allylic oxidation sites excluding steroid dienone is 2. The standard InChI is InChI=1S/C6H6Cl2N2O2S/c7-6-9-3-5-4(10(6)8)1-2-13(5,11)12/h3,6H,1-2H2. The van der Waals surface area contributed by atoms with Crippen LogP contribution in [0, 0.1) is 0 Å². The van der Waals surface area contributed by atoms with Crippen LogP contribution in [-0.2, 0) is 9.84 Å². The van der Waals surface area contributed by atoms with Gasteiger partial charge in [-0.2, -0.15) is 0 Å². The maximum absolute atomic E-state index is 11.4. The molecule has 0 bridgehead atoms. The molecule has 0 aromatic carbocycles. The predicted octanol–water partition coefficient (Wildman–Crippen LogP) is 1.08. The van der Waals surface area contributed by atoms with Crippen molar-refractivity contribution in [1.82, 2.24) is 4.42 Å². The molecule has 0 fully saturated rings. The van der Waals surface area contributed by atoms with E-state index in [2.05, 4.69) is 4.99 Å². The van der Waals surface area contributed by atoms with Crippen LogP contribution in [0.25, 0.3) is 0 Å². The Labute approximate surface area is 85.9 Å². The fourth-order valence-electron chi connectivity index (χ4n) is 1.33. The van der Waals surface area contributed by atoms with E-state index < -0.39 is 15.5 Å². The Morgan fingerprint density at radius 1 is 1.62 bits per heavy atom. The van der Waals surface area contributed by atoms with E-state index in [1.165, 1.54) is 10.6 Å². The van der Waals surface area contributed by atoms with Crippen molar-refractivity contribution >= 4 is 39.4 Å². The highest BCUT2D eigenvalue weighted by atomic mass is 35.5. The lowest BCUT2D eigenvalue weighted by Gasteiger charge is -2.22. The summed E-state index contributed by atoms with van der Waals surface area (Å²) in [5, 5.41) is 0. The van der Waals surface area contributed by atoms with Gasteiger partial charge >= 0.3 is 0 Å². The molecule has 0 saturated carbocycles. The minimum Gasteiger partial charge on any atom is -0.250 e. The van der Waals surface area contributed by atoms with E-state index in [1.54, 1.807) is 0 Å². The first-order chi connectivity index (χ1) is 6.02. The number of sulfone groups is 1. The molecule has 1 atom stereocenters. The third-order valence-corrected chi connectivity index (χ3v) is 4.54. The average molecular weight is 241 g/mol. The van der Waals surface area contributed by atoms with Gasteiger partial charge in [-0.05, 0) is 0 Å². The first kappa shape index (κ1) is 9.30. The van der Waals surface area contributed by atoms with Gasteiger partial charge in [0, 0.05) is 24.4 Å². The van der Waals surface area contributed by atoms with Gasteiger partial charge in [-0.15, -0.1) is 0 Å². The first-order valence-corrected chi connectivity index (χ1v) is 6.03. The number of hydrogen-bond donors (Lipinski definition) is 0. The minimum atomic E-state index is -3.16. The zero-order chi connectivity index (χ0) is 9.64. The van der Waals surface area contributed by atoms with Gasteiger partial charge in [0.05, 0.1) is 11.4 Å². The van der Waals surface area contributed by atoms with Crippen LogP contribution in [0.3, 0.4) is 0 Å². The molecule has 7 heteroatoms. The molecule has 1 unspecified atom stereocenters. The van der Waals surface area contributed by atoms with Crippen LogP contribution in [0.5, 0.6) is 0 Å². The molecule has 2 heterocycles. The first-order valence-electron chi connectivity index (χ1n) is 3.60. The maximum atomic E-state index is 11.4. The maximum Gasteiger partial charge on any atom is 0.211 e. The second-order valence-corrected chi connectivity index (χ2v) is 5.61. The lowest BCUT2D eigenvalue weighted by atomic mass is 10.3. The Morgan fingerprint density at radius 2 is 2.31 bits per heavy atom. The van der Waals surface area contributed by atoms with Gasteiger partial charge < -0.3 is 0 Å². The van der Waals surface area contributed by atoms with Gasteiger partial charge in [-0.1, -0.05) is 11.6 Å². The largest absolute Gasteiger partial charge is 0.250 e. The summed E-state index contributed by atoms with van der Waals surface area (Å²) in [4.78, 5) is 3.95. The Hall–Kier alpha value is -0.260. The molecule has 0 aromatic rings. The molecule has 2 rings (SSSR count).